The van der Waals surface area contributed by atoms with Gasteiger partial charge in [-0.15, -0.1) is 0 Å². The van der Waals surface area contributed by atoms with Crippen molar-refractivity contribution in [1.29, 1.82) is 0 Å². The second kappa shape index (κ2) is 5.50. The highest BCUT2D eigenvalue weighted by Crippen LogP contribution is 2.24. The van der Waals surface area contributed by atoms with Crippen LogP contribution in [0, 0.1) is 11.8 Å². The molecule has 0 aromatic rings. The molecule has 3 heteroatoms. The number of nitrogens with two attached hydrogens (primary N) is 1. The van der Waals surface area contributed by atoms with Crippen LogP contribution in [0.4, 0.5) is 0 Å². The van der Waals surface area contributed by atoms with Gasteiger partial charge in [-0.1, -0.05) is 13.8 Å². The van der Waals surface area contributed by atoms with Crippen molar-refractivity contribution in [2.75, 3.05) is 13.1 Å². The number of amides is 1. The third kappa shape index (κ3) is 4.20. The minimum Gasteiger partial charge on any atom is -0.341 e. The highest BCUT2D eigenvalue weighted by molar-refractivity contribution is 5.77. The Morgan fingerprint density at radius 2 is 2.13 bits per heavy atom. The zero-order valence-electron chi connectivity index (χ0n) is 10.2. The molecule has 2 unspecified atom stereocenters. The molecule has 0 bridgehead atoms. The SMILES string of the molecule is CC(C)CC1CCN(CC(C)N)C(=O)C1. The largest absolute Gasteiger partial charge is 0.341 e. The Labute approximate surface area is 93.0 Å². The van der Waals surface area contributed by atoms with Crippen molar-refractivity contribution in [2.45, 2.75) is 46.1 Å². The number of rotatable bonds is 4. The van der Waals surface area contributed by atoms with Gasteiger partial charge in [0.15, 0.2) is 0 Å². The first-order chi connectivity index (χ1) is 6.99. The fraction of sp³-hybridized carbons (Fsp3) is 0.917. The van der Waals surface area contributed by atoms with Crippen LogP contribution in [0.1, 0.15) is 40.0 Å². The molecule has 1 rings (SSSR count). The van der Waals surface area contributed by atoms with Crippen LogP contribution in [-0.4, -0.2) is 29.9 Å². The topological polar surface area (TPSA) is 46.3 Å². The molecular weight excluding hydrogens is 188 g/mol. The summed E-state index contributed by atoms with van der Waals surface area (Å²) in [6.45, 7) is 8.01. The minimum atomic E-state index is 0.0931. The molecule has 1 aliphatic heterocycles. The molecule has 3 nitrogen and oxygen atoms in total. The van der Waals surface area contributed by atoms with E-state index in [9.17, 15) is 4.79 Å². The number of carbonyl (C=O) groups is 1. The van der Waals surface area contributed by atoms with E-state index in [2.05, 4.69) is 13.8 Å². The highest BCUT2D eigenvalue weighted by atomic mass is 16.2. The molecule has 0 aliphatic carbocycles. The van der Waals surface area contributed by atoms with Gasteiger partial charge in [0.2, 0.25) is 5.91 Å². The van der Waals surface area contributed by atoms with Gasteiger partial charge in [-0.25, -0.2) is 0 Å². The van der Waals surface area contributed by atoms with E-state index in [4.69, 9.17) is 5.73 Å². The predicted octanol–water partition coefficient (Wildman–Crippen LogP) is 1.62. The Morgan fingerprint density at radius 3 is 2.60 bits per heavy atom. The van der Waals surface area contributed by atoms with Crippen molar-refractivity contribution in [2.24, 2.45) is 17.6 Å². The Kier molecular flexibility index (Phi) is 4.58. The minimum absolute atomic E-state index is 0.0931. The van der Waals surface area contributed by atoms with Gasteiger partial charge in [-0.3, -0.25) is 4.79 Å². The van der Waals surface area contributed by atoms with Crippen LogP contribution in [0.5, 0.6) is 0 Å². The molecule has 0 saturated carbocycles. The molecule has 1 amide bonds. The van der Waals surface area contributed by atoms with Gasteiger partial charge in [0.05, 0.1) is 0 Å². The van der Waals surface area contributed by atoms with Crippen molar-refractivity contribution < 1.29 is 4.79 Å². The summed E-state index contributed by atoms with van der Waals surface area (Å²) in [5, 5.41) is 0. The summed E-state index contributed by atoms with van der Waals surface area (Å²) >= 11 is 0. The van der Waals surface area contributed by atoms with Gasteiger partial charge in [0.25, 0.3) is 0 Å². The molecule has 88 valence electrons. The molecule has 1 fully saturated rings. The van der Waals surface area contributed by atoms with Gasteiger partial charge < -0.3 is 10.6 Å². The Hall–Kier alpha value is -0.570. The molecule has 1 saturated heterocycles. The van der Waals surface area contributed by atoms with Crippen LogP contribution in [0.25, 0.3) is 0 Å². The number of nitrogens with zero attached hydrogens (tertiary/aromatic N) is 1. The van der Waals surface area contributed by atoms with E-state index in [1.807, 2.05) is 11.8 Å². The fourth-order valence-electron chi connectivity index (χ4n) is 2.35. The zero-order valence-corrected chi connectivity index (χ0v) is 10.2. The number of hydrogen-bond acceptors (Lipinski definition) is 2. The second-order valence-electron chi connectivity index (χ2n) is 5.31. The molecule has 0 spiro atoms. The van der Waals surface area contributed by atoms with Crippen LogP contribution in [0.15, 0.2) is 0 Å². The number of likely N-dealkylation sites (tertiary alicyclic amines) is 1. The quantitative estimate of drug-likeness (QED) is 0.769. The first kappa shape index (κ1) is 12.5. The van der Waals surface area contributed by atoms with E-state index in [0.717, 1.165) is 19.4 Å². The third-order valence-electron chi connectivity index (χ3n) is 2.94. The molecule has 2 N–H and O–H groups in total. The van der Waals surface area contributed by atoms with Gasteiger partial charge in [-0.2, -0.15) is 0 Å². The van der Waals surface area contributed by atoms with Crippen molar-refractivity contribution >= 4 is 5.91 Å². The zero-order chi connectivity index (χ0) is 11.4. The molecule has 0 aromatic carbocycles. The maximum atomic E-state index is 11.8. The highest BCUT2D eigenvalue weighted by Gasteiger charge is 2.26. The van der Waals surface area contributed by atoms with Crippen molar-refractivity contribution in [1.82, 2.24) is 4.90 Å². The van der Waals surface area contributed by atoms with E-state index in [0.29, 0.717) is 24.3 Å². The van der Waals surface area contributed by atoms with Crippen LogP contribution in [-0.2, 0) is 4.79 Å². The first-order valence-corrected chi connectivity index (χ1v) is 6.02. The van der Waals surface area contributed by atoms with Crippen molar-refractivity contribution in [3.05, 3.63) is 0 Å². The molecule has 0 radical (unpaired) electrons. The van der Waals surface area contributed by atoms with E-state index < -0.39 is 0 Å². The number of piperidine rings is 1. The first-order valence-electron chi connectivity index (χ1n) is 6.02. The fourth-order valence-corrected chi connectivity index (χ4v) is 2.35. The molecular formula is C12H24N2O. The lowest BCUT2D eigenvalue weighted by molar-refractivity contribution is -0.135. The Bertz CT molecular complexity index is 214. The average molecular weight is 212 g/mol. The van der Waals surface area contributed by atoms with Crippen molar-refractivity contribution in [3.8, 4) is 0 Å². The average Bonchev–Trinajstić information content (AvgIpc) is 2.08. The second-order valence-corrected chi connectivity index (χ2v) is 5.31. The van der Waals surface area contributed by atoms with Crippen LogP contribution in [0.3, 0.4) is 0 Å². The van der Waals surface area contributed by atoms with Gasteiger partial charge in [-0.05, 0) is 31.6 Å². The van der Waals surface area contributed by atoms with E-state index in [-0.39, 0.29) is 6.04 Å². The summed E-state index contributed by atoms with van der Waals surface area (Å²) in [5.74, 6) is 1.59. The molecule has 0 aromatic heterocycles. The number of carbonyl (C=O) groups excluding carboxylic acids is 1. The summed E-state index contributed by atoms with van der Waals surface area (Å²) in [6.07, 6.45) is 3.05. The summed E-state index contributed by atoms with van der Waals surface area (Å²) in [4.78, 5) is 13.7. The lowest BCUT2D eigenvalue weighted by Gasteiger charge is -2.33. The molecule has 2 atom stereocenters. The van der Waals surface area contributed by atoms with Crippen LogP contribution >= 0.6 is 0 Å². The van der Waals surface area contributed by atoms with Crippen LogP contribution < -0.4 is 5.73 Å². The van der Waals surface area contributed by atoms with E-state index >= 15 is 0 Å². The smallest absolute Gasteiger partial charge is 0.222 e. The van der Waals surface area contributed by atoms with Gasteiger partial charge >= 0.3 is 0 Å². The predicted molar refractivity (Wildman–Crippen MR) is 62.4 cm³/mol. The van der Waals surface area contributed by atoms with E-state index in [1.165, 1.54) is 6.42 Å². The van der Waals surface area contributed by atoms with Crippen LogP contribution in [0.2, 0.25) is 0 Å². The Balaban J connectivity index is 2.37. The monoisotopic (exact) mass is 212 g/mol. The maximum Gasteiger partial charge on any atom is 0.222 e. The standard InChI is InChI=1S/C12H24N2O/c1-9(2)6-11-4-5-14(8-10(3)13)12(15)7-11/h9-11H,4-8,13H2,1-3H3. The third-order valence-corrected chi connectivity index (χ3v) is 2.94. The Morgan fingerprint density at radius 1 is 1.47 bits per heavy atom. The number of hydrogen-bond donors (Lipinski definition) is 1. The summed E-state index contributed by atoms with van der Waals surface area (Å²) in [5.41, 5.74) is 5.71. The van der Waals surface area contributed by atoms with Gasteiger partial charge in [0.1, 0.15) is 0 Å². The summed E-state index contributed by atoms with van der Waals surface area (Å²) in [7, 11) is 0. The molecule has 15 heavy (non-hydrogen) atoms. The lowest BCUT2D eigenvalue weighted by Crippen LogP contribution is -2.44. The van der Waals surface area contributed by atoms with E-state index in [1.54, 1.807) is 0 Å². The maximum absolute atomic E-state index is 11.8. The lowest BCUT2D eigenvalue weighted by atomic mass is 9.88. The molecule has 1 heterocycles. The summed E-state index contributed by atoms with van der Waals surface area (Å²) < 4.78 is 0. The van der Waals surface area contributed by atoms with Crippen molar-refractivity contribution in [3.63, 3.8) is 0 Å². The molecule has 1 aliphatic rings. The van der Waals surface area contributed by atoms with Gasteiger partial charge in [0, 0.05) is 25.6 Å². The normalized spacial score (nSPS) is 24.7. The summed E-state index contributed by atoms with van der Waals surface area (Å²) in [6, 6.07) is 0.0931.